The van der Waals surface area contributed by atoms with Gasteiger partial charge >= 0.3 is 0 Å². The fourth-order valence-corrected chi connectivity index (χ4v) is 2.40. The van der Waals surface area contributed by atoms with E-state index < -0.39 is 0 Å². The lowest BCUT2D eigenvalue weighted by Gasteiger charge is -2.07. The first-order valence-corrected chi connectivity index (χ1v) is 7.66. The van der Waals surface area contributed by atoms with Crippen LogP contribution in [0, 0.1) is 0 Å². The van der Waals surface area contributed by atoms with Crippen LogP contribution in [0.2, 0.25) is 0 Å². The molecule has 0 aliphatic rings. The van der Waals surface area contributed by atoms with E-state index in [1.165, 1.54) is 0 Å². The van der Waals surface area contributed by atoms with Crippen molar-refractivity contribution in [2.24, 2.45) is 0 Å². The number of nitrogens with zero attached hydrogens (tertiary/aromatic N) is 2. The summed E-state index contributed by atoms with van der Waals surface area (Å²) in [7, 11) is 0. The zero-order chi connectivity index (χ0) is 16.2. The number of aromatic nitrogens is 2. The molecule has 0 aliphatic heterocycles. The maximum atomic E-state index is 12.5. The summed E-state index contributed by atoms with van der Waals surface area (Å²) in [6, 6.07) is 19.6. The van der Waals surface area contributed by atoms with Crippen molar-refractivity contribution >= 4 is 5.91 Å². The highest BCUT2D eigenvalue weighted by molar-refractivity contribution is 6.00. The molecule has 3 aromatic rings. The number of carbonyl (C=O) groups is 1. The maximum Gasteiger partial charge on any atom is 0.255 e. The first-order valence-electron chi connectivity index (χ1n) is 7.66. The number of hydrogen-bond acceptors (Lipinski definition) is 2. The Morgan fingerprint density at radius 3 is 2.22 bits per heavy atom. The van der Waals surface area contributed by atoms with Crippen molar-refractivity contribution in [3.8, 4) is 16.9 Å². The van der Waals surface area contributed by atoms with Gasteiger partial charge in [-0.3, -0.25) is 4.79 Å². The molecule has 0 fully saturated rings. The lowest BCUT2D eigenvalue weighted by molar-refractivity contribution is 0.0944. The van der Waals surface area contributed by atoms with Gasteiger partial charge in [0.2, 0.25) is 0 Å². The van der Waals surface area contributed by atoms with E-state index in [9.17, 15) is 4.79 Å². The summed E-state index contributed by atoms with van der Waals surface area (Å²) >= 11 is 0. The van der Waals surface area contributed by atoms with Gasteiger partial charge in [-0.15, -0.1) is 0 Å². The molecule has 0 unspecified atom stereocenters. The first kappa shape index (κ1) is 15.0. The Morgan fingerprint density at radius 2 is 1.61 bits per heavy atom. The number of amides is 1. The first-order chi connectivity index (χ1) is 11.1. The van der Waals surface area contributed by atoms with Crippen LogP contribution >= 0.6 is 0 Å². The maximum absolute atomic E-state index is 12.5. The molecule has 0 atom stereocenters. The summed E-state index contributed by atoms with van der Waals surface area (Å²) in [5.41, 5.74) is 3.12. The minimum Gasteiger partial charge on any atom is -0.350 e. The Hall–Kier alpha value is -2.88. The van der Waals surface area contributed by atoms with E-state index in [0.717, 1.165) is 11.3 Å². The molecule has 23 heavy (non-hydrogen) atoms. The van der Waals surface area contributed by atoms with Crippen LogP contribution in [0.4, 0.5) is 0 Å². The molecule has 1 aromatic heterocycles. The molecule has 0 saturated heterocycles. The molecule has 4 heteroatoms. The SMILES string of the molecule is CC(C)NC(=O)c1cn(-c2ccccc2)nc1-c1ccccc1. The summed E-state index contributed by atoms with van der Waals surface area (Å²) in [5, 5.41) is 7.58. The molecule has 1 amide bonds. The highest BCUT2D eigenvalue weighted by atomic mass is 16.1. The highest BCUT2D eigenvalue weighted by Crippen LogP contribution is 2.23. The van der Waals surface area contributed by atoms with Crippen molar-refractivity contribution in [3.05, 3.63) is 72.4 Å². The lowest BCUT2D eigenvalue weighted by Crippen LogP contribution is -2.30. The van der Waals surface area contributed by atoms with Gasteiger partial charge in [-0.05, 0) is 26.0 Å². The van der Waals surface area contributed by atoms with Gasteiger partial charge in [0.25, 0.3) is 5.91 Å². The lowest BCUT2D eigenvalue weighted by atomic mass is 10.1. The minimum atomic E-state index is -0.110. The standard InChI is InChI=1S/C19H19N3O/c1-14(2)20-19(23)17-13-22(16-11-7-4-8-12-16)21-18(17)15-9-5-3-6-10-15/h3-14H,1-2H3,(H,20,23). The second-order valence-electron chi connectivity index (χ2n) is 5.67. The van der Waals surface area contributed by atoms with Gasteiger partial charge < -0.3 is 5.32 Å². The molecule has 0 radical (unpaired) electrons. The van der Waals surface area contributed by atoms with E-state index in [2.05, 4.69) is 10.4 Å². The molecular weight excluding hydrogens is 286 g/mol. The predicted octanol–water partition coefficient (Wildman–Crippen LogP) is 3.68. The molecule has 2 aromatic carbocycles. The quantitative estimate of drug-likeness (QED) is 0.799. The zero-order valence-electron chi connectivity index (χ0n) is 13.2. The monoisotopic (exact) mass is 305 g/mol. The third-order valence-corrected chi connectivity index (χ3v) is 3.45. The van der Waals surface area contributed by atoms with Crippen LogP contribution in [0.5, 0.6) is 0 Å². The second-order valence-corrected chi connectivity index (χ2v) is 5.67. The van der Waals surface area contributed by atoms with Crippen molar-refractivity contribution < 1.29 is 4.79 Å². The molecule has 116 valence electrons. The van der Waals surface area contributed by atoms with Crippen LogP contribution in [-0.2, 0) is 0 Å². The molecule has 1 heterocycles. The van der Waals surface area contributed by atoms with E-state index in [-0.39, 0.29) is 11.9 Å². The van der Waals surface area contributed by atoms with Gasteiger partial charge in [-0.2, -0.15) is 5.10 Å². The van der Waals surface area contributed by atoms with Crippen LogP contribution < -0.4 is 5.32 Å². The summed E-state index contributed by atoms with van der Waals surface area (Å²) in [6.07, 6.45) is 1.79. The Bertz CT molecular complexity index is 792. The van der Waals surface area contributed by atoms with Gasteiger partial charge in [0.1, 0.15) is 5.69 Å². The Labute approximate surface area is 135 Å². The zero-order valence-corrected chi connectivity index (χ0v) is 13.2. The van der Waals surface area contributed by atoms with Crippen LogP contribution in [-0.4, -0.2) is 21.7 Å². The molecule has 3 rings (SSSR count). The Morgan fingerprint density at radius 1 is 1.00 bits per heavy atom. The largest absolute Gasteiger partial charge is 0.350 e. The van der Waals surface area contributed by atoms with Crippen molar-refractivity contribution in [2.75, 3.05) is 0 Å². The van der Waals surface area contributed by atoms with Crippen LogP contribution in [0.1, 0.15) is 24.2 Å². The van der Waals surface area contributed by atoms with Crippen molar-refractivity contribution in [2.45, 2.75) is 19.9 Å². The van der Waals surface area contributed by atoms with Gasteiger partial charge in [-0.1, -0.05) is 48.5 Å². The van der Waals surface area contributed by atoms with Crippen molar-refractivity contribution in [1.82, 2.24) is 15.1 Å². The molecule has 0 aliphatic carbocycles. The van der Waals surface area contributed by atoms with E-state index >= 15 is 0 Å². The average molecular weight is 305 g/mol. The highest BCUT2D eigenvalue weighted by Gasteiger charge is 2.18. The van der Waals surface area contributed by atoms with E-state index in [4.69, 9.17) is 0 Å². The Kier molecular flexibility index (Phi) is 4.24. The minimum absolute atomic E-state index is 0.0752. The molecule has 4 nitrogen and oxygen atoms in total. The van der Waals surface area contributed by atoms with E-state index in [0.29, 0.717) is 11.3 Å². The van der Waals surface area contributed by atoms with Gasteiger partial charge in [0, 0.05) is 17.8 Å². The fraction of sp³-hybridized carbons (Fsp3) is 0.158. The Balaban J connectivity index is 2.09. The van der Waals surface area contributed by atoms with Crippen molar-refractivity contribution in [1.29, 1.82) is 0 Å². The number of hydrogen-bond donors (Lipinski definition) is 1. The average Bonchev–Trinajstić information content (AvgIpc) is 3.01. The van der Waals surface area contributed by atoms with Crippen LogP contribution in [0.25, 0.3) is 16.9 Å². The topological polar surface area (TPSA) is 46.9 Å². The van der Waals surface area contributed by atoms with Gasteiger partial charge in [-0.25, -0.2) is 4.68 Å². The van der Waals surface area contributed by atoms with Gasteiger partial charge in [0.05, 0.1) is 11.3 Å². The third-order valence-electron chi connectivity index (χ3n) is 3.45. The second kappa shape index (κ2) is 6.48. The van der Waals surface area contributed by atoms with Crippen LogP contribution in [0.15, 0.2) is 66.9 Å². The van der Waals surface area contributed by atoms with Gasteiger partial charge in [0.15, 0.2) is 0 Å². The predicted molar refractivity (Wildman–Crippen MR) is 91.6 cm³/mol. The number of rotatable bonds is 4. The number of benzene rings is 2. The van der Waals surface area contributed by atoms with Crippen molar-refractivity contribution in [3.63, 3.8) is 0 Å². The summed E-state index contributed by atoms with van der Waals surface area (Å²) in [5.74, 6) is -0.110. The van der Waals surface area contributed by atoms with Crippen LogP contribution in [0.3, 0.4) is 0 Å². The summed E-state index contributed by atoms with van der Waals surface area (Å²) in [6.45, 7) is 3.89. The fourth-order valence-electron chi connectivity index (χ4n) is 2.40. The molecule has 0 saturated carbocycles. The normalized spacial score (nSPS) is 10.7. The number of nitrogens with one attached hydrogen (secondary N) is 1. The molecule has 0 spiro atoms. The number of para-hydroxylation sites is 1. The summed E-state index contributed by atoms with van der Waals surface area (Å²) < 4.78 is 1.75. The smallest absolute Gasteiger partial charge is 0.255 e. The molecule has 0 bridgehead atoms. The summed E-state index contributed by atoms with van der Waals surface area (Å²) in [4.78, 5) is 12.5. The van der Waals surface area contributed by atoms with E-state index in [1.807, 2.05) is 74.5 Å². The number of carbonyl (C=O) groups excluding carboxylic acids is 1. The molecule has 1 N–H and O–H groups in total. The molecular formula is C19H19N3O. The van der Waals surface area contributed by atoms with E-state index in [1.54, 1.807) is 10.9 Å². The third kappa shape index (κ3) is 3.31.